The predicted octanol–water partition coefficient (Wildman–Crippen LogP) is 8.71. The first-order chi connectivity index (χ1) is 15.3. The second-order valence-electron chi connectivity index (χ2n) is 8.42. The number of furan rings is 1. The van der Waals surface area contributed by atoms with E-state index in [1.807, 2.05) is 0 Å². The van der Waals surface area contributed by atoms with E-state index in [0.29, 0.717) is 0 Å². The van der Waals surface area contributed by atoms with Crippen LogP contribution in [0.2, 0.25) is 0 Å². The van der Waals surface area contributed by atoms with Gasteiger partial charge in [-0.05, 0) is 50.2 Å². The van der Waals surface area contributed by atoms with Crippen molar-refractivity contribution in [2.24, 2.45) is 0 Å². The van der Waals surface area contributed by atoms with Crippen LogP contribution in [0.15, 0.2) is 95.4 Å². The fraction of sp³-hybridized carbons (Fsp3) is 0.0667. The molecule has 1 aromatic heterocycles. The summed E-state index contributed by atoms with van der Waals surface area (Å²) in [5.74, 6) is 1.07. The molecule has 7 rings (SSSR count). The molecule has 0 unspecified atom stereocenters. The molecule has 31 heavy (non-hydrogen) atoms. The molecule has 1 heterocycles. The van der Waals surface area contributed by atoms with E-state index in [2.05, 4.69) is 97.9 Å². The quantitative estimate of drug-likeness (QED) is 0.210. The molecule has 7 aromatic rings. The monoisotopic (exact) mass is 396 g/mol. The largest absolute Gasteiger partial charge is 0.460 e. The van der Waals surface area contributed by atoms with Crippen LogP contribution in [-0.4, -0.2) is 0 Å². The molecule has 0 N–H and O–H groups in total. The van der Waals surface area contributed by atoms with E-state index in [1.54, 1.807) is 0 Å². The van der Waals surface area contributed by atoms with Crippen molar-refractivity contribution in [1.82, 2.24) is 0 Å². The fourth-order valence-electron chi connectivity index (χ4n) is 5.27. The second kappa shape index (κ2) is 6.09. The molecule has 0 radical (unpaired) electrons. The summed E-state index contributed by atoms with van der Waals surface area (Å²) in [5.41, 5.74) is 3.48. The minimum absolute atomic E-state index is 0.893. The zero-order valence-corrected chi connectivity index (χ0v) is 17.3. The van der Waals surface area contributed by atoms with Crippen molar-refractivity contribution in [2.75, 3.05) is 0 Å². The molecule has 146 valence electrons. The third-order valence-corrected chi connectivity index (χ3v) is 6.76. The lowest BCUT2D eigenvalue weighted by molar-refractivity contribution is 0.565. The number of aryl methyl sites for hydroxylation is 1. The maximum atomic E-state index is 6.50. The average molecular weight is 396 g/mol. The van der Waals surface area contributed by atoms with Gasteiger partial charge in [0.2, 0.25) is 0 Å². The van der Waals surface area contributed by atoms with E-state index >= 15 is 0 Å². The normalized spacial score (nSPS) is 12.2. The summed E-state index contributed by atoms with van der Waals surface area (Å²) in [7, 11) is 0. The van der Waals surface area contributed by atoms with Crippen molar-refractivity contribution in [3.63, 3.8) is 0 Å². The van der Waals surface area contributed by atoms with Crippen LogP contribution in [0.1, 0.15) is 12.7 Å². The van der Waals surface area contributed by atoms with Crippen LogP contribution < -0.4 is 0 Å². The minimum Gasteiger partial charge on any atom is -0.460 e. The van der Waals surface area contributed by atoms with E-state index < -0.39 is 0 Å². The summed E-state index contributed by atoms with van der Waals surface area (Å²) in [6.45, 7) is 2.17. The second-order valence-corrected chi connectivity index (χ2v) is 8.42. The van der Waals surface area contributed by atoms with Gasteiger partial charge in [-0.25, -0.2) is 0 Å². The van der Waals surface area contributed by atoms with Crippen molar-refractivity contribution < 1.29 is 4.42 Å². The molecule has 1 nitrogen and oxygen atoms in total. The molecular weight excluding hydrogens is 376 g/mol. The summed E-state index contributed by atoms with van der Waals surface area (Å²) >= 11 is 0. The summed E-state index contributed by atoms with van der Waals surface area (Å²) in [6.07, 6.45) is 0.893. The van der Waals surface area contributed by atoms with Gasteiger partial charge in [0, 0.05) is 28.0 Å². The number of fused-ring (bicyclic) bond motifs is 4. The van der Waals surface area contributed by atoms with Crippen molar-refractivity contribution in [3.05, 3.63) is 96.8 Å². The highest BCUT2D eigenvalue weighted by Crippen LogP contribution is 2.44. The number of rotatable bonds is 2. The van der Waals surface area contributed by atoms with Crippen molar-refractivity contribution >= 4 is 54.1 Å². The first-order valence-electron chi connectivity index (χ1n) is 10.9. The van der Waals surface area contributed by atoms with Crippen LogP contribution in [0.4, 0.5) is 0 Å². The fourth-order valence-corrected chi connectivity index (χ4v) is 5.27. The van der Waals surface area contributed by atoms with Crippen LogP contribution in [-0.2, 0) is 6.42 Å². The average Bonchev–Trinajstić information content (AvgIpc) is 3.22. The Labute approximate surface area is 179 Å². The molecule has 0 atom stereocenters. The molecule has 0 amide bonds. The highest BCUT2D eigenvalue weighted by Gasteiger charge is 2.19. The molecule has 0 saturated heterocycles. The van der Waals surface area contributed by atoms with Gasteiger partial charge in [0.15, 0.2) is 0 Å². The lowest BCUT2D eigenvalue weighted by Crippen LogP contribution is -1.85. The topological polar surface area (TPSA) is 13.1 Å². The van der Waals surface area contributed by atoms with Gasteiger partial charge in [0.25, 0.3) is 0 Å². The SMILES string of the molecule is CCc1oc2c3cc(-c4ccc5ccccc5c4)ccc3c3cccc4ccc1c2c43. The van der Waals surface area contributed by atoms with Gasteiger partial charge in [-0.1, -0.05) is 85.8 Å². The van der Waals surface area contributed by atoms with Crippen LogP contribution in [0.3, 0.4) is 0 Å². The molecule has 0 fully saturated rings. The highest BCUT2D eigenvalue weighted by molar-refractivity contribution is 6.33. The maximum Gasteiger partial charge on any atom is 0.143 e. The first-order valence-corrected chi connectivity index (χ1v) is 10.9. The van der Waals surface area contributed by atoms with E-state index in [-0.39, 0.29) is 0 Å². The molecule has 0 bridgehead atoms. The summed E-state index contributed by atoms with van der Waals surface area (Å²) in [6, 6.07) is 33.1. The van der Waals surface area contributed by atoms with Crippen LogP contribution >= 0.6 is 0 Å². The van der Waals surface area contributed by atoms with Crippen molar-refractivity contribution in [2.45, 2.75) is 13.3 Å². The molecular formula is C30H20O. The van der Waals surface area contributed by atoms with E-state index in [9.17, 15) is 0 Å². The summed E-state index contributed by atoms with van der Waals surface area (Å²) < 4.78 is 6.50. The number of hydrogen-bond donors (Lipinski definition) is 0. The zero-order chi connectivity index (χ0) is 20.5. The Bertz CT molecular complexity index is 1770. The Morgan fingerprint density at radius 2 is 1.29 bits per heavy atom. The van der Waals surface area contributed by atoms with Crippen LogP contribution in [0.5, 0.6) is 0 Å². The number of benzene rings is 6. The van der Waals surface area contributed by atoms with E-state index in [4.69, 9.17) is 4.42 Å². The third-order valence-electron chi connectivity index (χ3n) is 6.76. The Morgan fingerprint density at radius 1 is 0.548 bits per heavy atom. The maximum absolute atomic E-state index is 6.50. The first kappa shape index (κ1) is 16.9. The predicted molar refractivity (Wildman–Crippen MR) is 132 cm³/mol. The van der Waals surface area contributed by atoms with Crippen LogP contribution in [0, 0.1) is 0 Å². The summed E-state index contributed by atoms with van der Waals surface area (Å²) in [4.78, 5) is 0. The minimum atomic E-state index is 0.893. The van der Waals surface area contributed by atoms with Gasteiger partial charge in [0.05, 0.1) is 0 Å². The number of hydrogen-bond acceptors (Lipinski definition) is 1. The lowest BCUT2D eigenvalue weighted by atomic mass is 9.91. The van der Waals surface area contributed by atoms with Gasteiger partial charge in [-0.15, -0.1) is 0 Å². The molecule has 0 spiro atoms. The summed E-state index contributed by atoms with van der Waals surface area (Å²) in [5, 5.41) is 11.4. The van der Waals surface area contributed by atoms with Gasteiger partial charge in [-0.2, -0.15) is 0 Å². The van der Waals surface area contributed by atoms with Crippen LogP contribution in [0.25, 0.3) is 65.2 Å². The Hall–Kier alpha value is -3.84. The Morgan fingerprint density at radius 3 is 2.19 bits per heavy atom. The van der Waals surface area contributed by atoms with E-state index in [1.165, 1.54) is 59.6 Å². The van der Waals surface area contributed by atoms with E-state index in [0.717, 1.165) is 17.8 Å². The molecule has 1 heteroatoms. The van der Waals surface area contributed by atoms with Gasteiger partial charge in [-0.3, -0.25) is 0 Å². The molecule has 6 aromatic carbocycles. The molecule has 0 saturated carbocycles. The lowest BCUT2D eigenvalue weighted by Gasteiger charge is -2.11. The molecule has 0 aliphatic rings. The van der Waals surface area contributed by atoms with Crippen molar-refractivity contribution in [1.29, 1.82) is 0 Å². The highest BCUT2D eigenvalue weighted by atomic mass is 16.3. The van der Waals surface area contributed by atoms with Crippen molar-refractivity contribution in [3.8, 4) is 11.1 Å². The third kappa shape index (κ3) is 2.26. The molecule has 0 aliphatic heterocycles. The zero-order valence-electron chi connectivity index (χ0n) is 17.3. The van der Waals surface area contributed by atoms with Gasteiger partial charge >= 0.3 is 0 Å². The Kier molecular flexibility index (Phi) is 3.32. The van der Waals surface area contributed by atoms with Gasteiger partial charge < -0.3 is 4.42 Å². The Balaban J connectivity index is 1.61. The van der Waals surface area contributed by atoms with Gasteiger partial charge in [0.1, 0.15) is 11.3 Å². The molecule has 0 aliphatic carbocycles. The smallest absolute Gasteiger partial charge is 0.143 e. The standard InChI is InChI=1S/C30H20O/c1-2-27-25-15-12-19-8-5-9-24-23-14-13-22(17-26(23)30(31-27)29(25)28(19)24)21-11-10-18-6-3-4-7-20(18)16-21/h3-17H,2H2,1H3.